The van der Waals surface area contributed by atoms with Gasteiger partial charge in [0.05, 0.1) is 12.8 Å². The maximum absolute atomic E-state index is 12.6. The molecule has 0 fully saturated rings. The first-order valence-electron chi connectivity index (χ1n) is 9.55. The third-order valence-electron chi connectivity index (χ3n) is 4.55. The average molecular weight is 429 g/mol. The minimum absolute atomic E-state index is 0.122. The second kappa shape index (κ2) is 9.03. The van der Waals surface area contributed by atoms with E-state index in [1.54, 1.807) is 65.9 Å². The lowest BCUT2D eigenvalue weighted by Crippen LogP contribution is -2.40. The summed E-state index contributed by atoms with van der Waals surface area (Å²) in [7, 11) is 2.79. The topological polar surface area (TPSA) is 109 Å². The molecule has 0 spiro atoms. The summed E-state index contributed by atoms with van der Waals surface area (Å²) in [6.07, 6.45) is 0.604. The van der Waals surface area contributed by atoms with E-state index in [4.69, 9.17) is 9.47 Å². The monoisotopic (exact) mass is 429 g/mol. The van der Waals surface area contributed by atoms with Gasteiger partial charge in [-0.3, -0.25) is 10.1 Å². The zero-order valence-corrected chi connectivity index (χ0v) is 18.7. The normalized spacial score (nSPS) is 11.8. The summed E-state index contributed by atoms with van der Waals surface area (Å²) in [6.45, 7) is 8.47. The van der Waals surface area contributed by atoms with E-state index in [-0.39, 0.29) is 5.70 Å². The van der Waals surface area contributed by atoms with Gasteiger partial charge in [0.15, 0.2) is 0 Å². The lowest BCUT2D eigenvalue weighted by Gasteiger charge is -2.20. The summed E-state index contributed by atoms with van der Waals surface area (Å²) in [5.41, 5.74) is 0.271. The van der Waals surface area contributed by atoms with Crippen molar-refractivity contribution in [2.24, 2.45) is 7.05 Å². The van der Waals surface area contributed by atoms with Crippen LogP contribution in [0.25, 0.3) is 11.8 Å². The number of nitrogens with zero attached hydrogens (tertiary/aromatic N) is 2. The van der Waals surface area contributed by atoms with Crippen molar-refractivity contribution in [3.8, 4) is 5.69 Å². The van der Waals surface area contributed by atoms with E-state index >= 15 is 0 Å². The summed E-state index contributed by atoms with van der Waals surface area (Å²) < 4.78 is 12.4. The van der Waals surface area contributed by atoms with Crippen LogP contribution < -0.4 is 16.6 Å². The molecule has 0 aliphatic rings. The highest BCUT2D eigenvalue weighted by Crippen LogP contribution is 2.13. The summed E-state index contributed by atoms with van der Waals surface area (Å²) >= 11 is 0. The SMILES string of the molecule is COC(=O)/C(=C\c1ccc(-n2c(=O)c(C)c(C)n(C)c2=O)cc1)NC(=O)OC(C)(C)C. The number of carbonyl (C=O) groups is 2. The van der Waals surface area contributed by atoms with Crippen LogP contribution in [0.2, 0.25) is 0 Å². The number of aromatic nitrogens is 2. The Balaban J connectivity index is 2.42. The molecular formula is C22H27N3O6. The number of rotatable bonds is 4. The fourth-order valence-electron chi connectivity index (χ4n) is 2.74. The summed E-state index contributed by atoms with van der Waals surface area (Å²) in [5.74, 6) is -0.755. The number of benzene rings is 1. The number of esters is 1. The van der Waals surface area contributed by atoms with E-state index in [2.05, 4.69) is 5.32 Å². The molecule has 9 nitrogen and oxygen atoms in total. The summed E-state index contributed by atoms with van der Waals surface area (Å²) in [4.78, 5) is 49.3. The smallest absolute Gasteiger partial charge is 0.412 e. The third kappa shape index (κ3) is 5.50. The lowest BCUT2D eigenvalue weighted by molar-refractivity contribution is -0.136. The fourth-order valence-corrected chi connectivity index (χ4v) is 2.74. The molecule has 0 aliphatic heterocycles. The molecule has 0 radical (unpaired) electrons. The minimum Gasteiger partial charge on any atom is -0.464 e. The van der Waals surface area contributed by atoms with Gasteiger partial charge in [-0.2, -0.15) is 0 Å². The third-order valence-corrected chi connectivity index (χ3v) is 4.55. The zero-order valence-electron chi connectivity index (χ0n) is 18.7. The molecule has 1 aromatic carbocycles. The van der Waals surface area contributed by atoms with Crippen LogP contribution >= 0.6 is 0 Å². The summed E-state index contributed by atoms with van der Waals surface area (Å²) in [6, 6.07) is 6.36. The van der Waals surface area contributed by atoms with E-state index < -0.39 is 28.9 Å². The van der Waals surface area contributed by atoms with Crippen LogP contribution in [0.5, 0.6) is 0 Å². The van der Waals surface area contributed by atoms with Gasteiger partial charge in [0.2, 0.25) is 0 Å². The molecule has 0 aliphatic carbocycles. The number of carbonyl (C=O) groups excluding carboxylic acids is 2. The van der Waals surface area contributed by atoms with E-state index in [0.29, 0.717) is 22.5 Å². The van der Waals surface area contributed by atoms with Gasteiger partial charge >= 0.3 is 17.8 Å². The van der Waals surface area contributed by atoms with Crippen molar-refractivity contribution >= 4 is 18.1 Å². The van der Waals surface area contributed by atoms with Crippen LogP contribution in [0.4, 0.5) is 4.79 Å². The van der Waals surface area contributed by atoms with Gasteiger partial charge in [0.25, 0.3) is 5.56 Å². The highest BCUT2D eigenvalue weighted by molar-refractivity contribution is 5.96. The van der Waals surface area contributed by atoms with Gasteiger partial charge in [-0.05, 0) is 58.4 Å². The first-order chi connectivity index (χ1) is 14.4. The van der Waals surface area contributed by atoms with Crippen molar-refractivity contribution in [1.29, 1.82) is 0 Å². The van der Waals surface area contributed by atoms with Crippen LogP contribution in [0.15, 0.2) is 39.6 Å². The number of ether oxygens (including phenoxy) is 2. The predicted molar refractivity (Wildman–Crippen MR) is 116 cm³/mol. The van der Waals surface area contributed by atoms with E-state index in [1.165, 1.54) is 17.8 Å². The largest absolute Gasteiger partial charge is 0.464 e. The average Bonchev–Trinajstić information content (AvgIpc) is 2.69. The first kappa shape index (κ1) is 23.7. The number of methoxy groups -OCH3 is 1. The van der Waals surface area contributed by atoms with Crippen LogP contribution in [0.3, 0.4) is 0 Å². The van der Waals surface area contributed by atoms with E-state index in [0.717, 1.165) is 4.57 Å². The maximum Gasteiger partial charge on any atom is 0.412 e. The second-order valence-corrected chi connectivity index (χ2v) is 7.96. The molecule has 0 saturated carbocycles. The molecule has 0 saturated heterocycles. The van der Waals surface area contributed by atoms with Gasteiger partial charge in [0.1, 0.15) is 11.3 Å². The highest BCUT2D eigenvalue weighted by Gasteiger charge is 2.20. The fraction of sp³-hybridized carbons (Fsp3) is 0.364. The number of nitrogens with one attached hydrogen (secondary N) is 1. The Labute approximate surface area is 179 Å². The second-order valence-electron chi connectivity index (χ2n) is 7.96. The Morgan fingerprint density at radius 3 is 2.16 bits per heavy atom. The van der Waals surface area contributed by atoms with Crippen molar-refractivity contribution in [2.45, 2.75) is 40.2 Å². The molecule has 1 amide bonds. The van der Waals surface area contributed by atoms with Gasteiger partial charge in [-0.15, -0.1) is 0 Å². The van der Waals surface area contributed by atoms with Crippen LogP contribution in [0.1, 0.15) is 37.6 Å². The zero-order chi connectivity index (χ0) is 23.5. The Kier molecular flexibility index (Phi) is 6.89. The minimum atomic E-state index is -0.800. The van der Waals surface area contributed by atoms with Crippen molar-refractivity contribution in [2.75, 3.05) is 7.11 Å². The molecule has 0 bridgehead atoms. The molecule has 0 atom stereocenters. The van der Waals surface area contributed by atoms with Gasteiger partial charge in [-0.1, -0.05) is 12.1 Å². The van der Waals surface area contributed by atoms with Crippen molar-refractivity contribution < 1.29 is 19.1 Å². The molecule has 2 rings (SSSR count). The number of hydrogen-bond acceptors (Lipinski definition) is 6. The van der Waals surface area contributed by atoms with E-state index in [1.807, 2.05) is 0 Å². The quantitative estimate of drug-likeness (QED) is 0.590. The van der Waals surface area contributed by atoms with Gasteiger partial charge in [-0.25, -0.2) is 19.0 Å². The Morgan fingerprint density at radius 2 is 1.65 bits per heavy atom. The molecule has 31 heavy (non-hydrogen) atoms. The summed E-state index contributed by atoms with van der Waals surface area (Å²) in [5, 5.41) is 2.38. The first-order valence-corrected chi connectivity index (χ1v) is 9.55. The number of alkyl carbamates (subject to hydrolysis) is 1. The number of amides is 1. The lowest BCUT2D eigenvalue weighted by atomic mass is 10.1. The van der Waals surface area contributed by atoms with Gasteiger partial charge < -0.3 is 14.0 Å². The Morgan fingerprint density at radius 1 is 1.06 bits per heavy atom. The maximum atomic E-state index is 12.6. The van der Waals surface area contributed by atoms with Crippen molar-refractivity contribution in [3.05, 3.63) is 67.6 Å². The Bertz CT molecular complexity index is 1110. The molecule has 1 heterocycles. The Hall–Kier alpha value is -3.62. The van der Waals surface area contributed by atoms with Gasteiger partial charge in [0, 0.05) is 18.3 Å². The molecule has 2 aromatic rings. The van der Waals surface area contributed by atoms with Crippen molar-refractivity contribution in [3.63, 3.8) is 0 Å². The standard InChI is InChI=1S/C22H27N3O6/c1-13-14(2)24(6)21(29)25(18(13)26)16-10-8-15(9-11-16)12-17(19(27)30-7)23-20(28)31-22(3,4)5/h8-12H,1-7H3,(H,23,28)/b17-12+. The van der Waals surface area contributed by atoms with Crippen LogP contribution in [0, 0.1) is 13.8 Å². The molecular weight excluding hydrogens is 402 g/mol. The molecule has 1 aromatic heterocycles. The van der Waals surface area contributed by atoms with E-state index in [9.17, 15) is 19.2 Å². The highest BCUT2D eigenvalue weighted by atomic mass is 16.6. The van der Waals surface area contributed by atoms with Crippen LogP contribution in [-0.4, -0.2) is 33.9 Å². The number of hydrogen-bond donors (Lipinski definition) is 1. The molecule has 1 N–H and O–H groups in total. The molecule has 166 valence electrons. The predicted octanol–water partition coefficient (Wildman–Crippen LogP) is 2.19. The molecule has 0 unspecified atom stereocenters. The molecule has 9 heteroatoms. The van der Waals surface area contributed by atoms with Crippen LogP contribution in [-0.2, 0) is 21.3 Å². The van der Waals surface area contributed by atoms with Crippen molar-refractivity contribution in [1.82, 2.24) is 14.5 Å².